The Balaban J connectivity index is 1.34. The summed E-state index contributed by atoms with van der Waals surface area (Å²) in [6.45, 7) is 8.07. The minimum atomic E-state index is 0.0390. The van der Waals surface area contributed by atoms with E-state index in [-0.39, 0.29) is 12.5 Å². The number of rotatable bonds is 5. The quantitative estimate of drug-likeness (QED) is 0.663. The Morgan fingerprint density at radius 1 is 1.07 bits per heavy atom. The molecule has 0 atom stereocenters. The minimum Gasteiger partial charge on any atom is -0.483 e. The van der Waals surface area contributed by atoms with Gasteiger partial charge in [-0.15, -0.1) is 0 Å². The standard InChI is InChI=1S/C23H27N3O3/c1-17-21(18(2)29-24-17)15-25-11-6-12-26(14-13-25)23(27)16-28-22-10-5-8-19-7-3-4-9-20(19)22/h3-5,7-10H,6,11-16H2,1-2H3. The minimum absolute atomic E-state index is 0.0390. The van der Waals surface area contributed by atoms with Gasteiger partial charge in [-0.1, -0.05) is 41.6 Å². The van der Waals surface area contributed by atoms with Crippen LogP contribution in [0.3, 0.4) is 0 Å². The Kier molecular flexibility index (Phi) is 5.81. The van der Waals surface area contributed by atoms with E-state index in [4.69, 9.17) is 9.26 Å². The molecule has 2 aromatic carbocycles. The third-order valence-corrected chi connectivity index (χ3v) is 5.60. The fourth-order valence-electron chi connectivity index (χ4n) is 3.88. The monoisotopic (exact) mass is 393 g/mol. The van der Waals surface area contributed by atoms with Gasteiger partial charge in [0.1, 0.15) is 11.5 Å². The van der Waals surface area contributed by atoms with E-state index < -0.39 is 0 Å². The van der Waals surface area contributed by atoms with Gasteiger partial charge in [0, 0.05) is 43.7 Å². The van der Waals surface area contributed by atoms with Crippen LogP contribution < -0.4 is 4.74 Å². The molecule has 2 heterocycles. The molecule has 1 aromatic heterocycles. The maximum Gasteiger partial charge on any atom is 0.260 e. The number of hydrogen-bond donors (Lipinski definition) is 0. The number of aromatic nitrogens is 1. The molecule has 29 heavy (non-hydrogen) atoms. The topological polar surface area (TPSA) is 58.8 Å². The lowest BCUT2D eigenvalue weighted by molar-refractivity contribution is -0.133. The van der Waals surface area contributed by atoms with E-state index in [2.05, 4.69) is 10.1 Å². The van der Waals surface area contributed by atoms with Gasteiger partial charge in [-0.25, -0.2) is 0 Å². The SMILES string of the molecule is Cc1noc(C)c1CN1CCCN(C(=O)COc2cccc3ccccc23)CC1. The largest absolute Gasteiger partial charge is 0.483 e. The van der Waals surface area contributed by atoms with E-state index in [1.807, 2.05) is 61.2 Å². The number of benzene rings is 2. The molecule has 0 radical (unpaired) electrons. The van der Waals surface area contributed by atoms with Crippen molar-refractivity contribution in [2.75, 3.05) is 32.8 Å². The second-order valence-corrected chi connectivity index (χ2v) is 7.58. The van der Waals surface area contributed by atoms with E-state index in [9.17, 15) is 4.79 Å². The second kappa shape index (κ2) is 8.66. The van der Waals surface area contributed by atoms with Gasteiger partial charge in [-0.3, -0.25) is 9.69 Å². The fourth-order valence-corrected chi connectivity index (χ4v) is 3.88. The molecular weight excluding hydrogens is 366 g/mol. The molecule has 1 amide bonds. The smallest absolute Gasteiger partial charge is 0.260 e. The summed E-state index contributed by atoms with van der Waals surface area (Å²) in [6, 6.07) is 14.0. The van der Waals surface area contributed by atoms with Crippen molar-refractivity contribution in [1.29, 1.82) is 0 Å². The predicted octanol–water partition coefficient (Wildman–Crippen LogP) is 3.56. The molecule has 152 valence electrons. The number of hydrogen-bond acceptors (Lipinski definition) is 5. The molecule has 1 aliphatic heterocycles. The number of ether oxygens (including phenoxy) is 1. The number of fused-ring (bicyclic) bond motifs is 1. The molecule has 0 N–H and O–H groups in total. The molecule has 1 aliphatic rings. The highest BCUT2D eigenvalue weighted by Gasteiger charge is 2.21. The molecule has 1 saturated heterocycles. The summed E-state index contributed by atoms with van der Waals surface area (Å²) in [6.07, 6.45) is 0.948. The molecule has 0 saturated carbocycles. The lowest BCUT2D eigenvalue weighted by atomic mass is 10.1. The Labute approximate surface area is 171 Å². The highest BCUT2D eigenvalue weighted by Crippen LogP contribution is 2.25. The van der Waals surface area contributed by atoms with Crippen LogP contribution in [0.15, 0.2) is 47.0 Å². The molecule has 6 nitrogen and oxygen atoms in total. The number of carbonyl (C=O) groups excluding carboxylic acids is 1. The summed E-state index contributed by atoms with van der Waals surface area (Å²) in [5.74, 6) is 1.67. The molecule has 3 aromatic rings. The first-order valence-corrected chi connectivity index (χ1v) is 10.1. The first-order chi connectivity index (χ1) is 14.1. The number of amides is 1. The molecule has 0 unspecified atom stereocenters. The first-order valence-electron chi connectivity index (χ1n) is 10.1. The zero-order valence-electron chi connectivity index (χ0n) is 17.1. The van der Waals surface area contributed by atoms with Gasteiger partial charge in [0.05, 0.1) is 5.69 Å². The van der Waals surface area contributed by atoms with E-state index in [1.165, 1.54) is 0 Å². The Bertz CT molecular complexity index is 973. The zero-order chi connectivity index (χ0) is 20.2. The van der Waals surface area contributed by atoms with E-state index >= 15 is 0 Å². The highest BCUT2D eigenvalue weighted by atomic mass is 16.5. The van der Waals surface area contributed by atoms with Crippen LogP contribution >= 0.6 is 0 Å². The summed E-state index contributed by atoms with van der Waals surface area (Å²) >= 11 is 0. The molecule has 6 heteroatoms. The Morgan fingerprint density at radius 2 is 1.90 bits per heavy atom. The molecular formula is C23H27N3O3. The maximum absolute atomic E-state index is 12.7. The van der Waals surface area contributed by atoms with E-state index in [0.29, 0.717) is 6.54 Å². The van der Waals surface area contributed by atoms with Crippen LogP contribution in [0.25, 0.3) is 10.8 Å². The van der Waals surface area contributed by atoms with Crippen molar-refractivity contribution < 1.29 is 14.1 Å². The third kappa shape index (κ3) is 4.43. The maximum atomic E-state index is 12.7. The van der Waals surface area contributed by atoms with Gasteiger partial charge in [0.2, 0.25) is 0 Å². The predicted molar refractivity (Wildman–Crippen MR) is 112 cm³/mol. The van der Waals surface area contributed by atoms with Crippen molar-refractivity contribution in [1.82, 2.24) is 15.0 Å². The van der Waals surface area contributed by atoms with Crippen LogP contribution in [0.2, 0.25) is 0 Å². The number of nitrogens with zero attached hydrogens (tertiary/aromatic N) is 3. The molecule has 0 aliphatic carbocycles. The van der Waals surface area contributed by atoms with Crippen LogP contribution in [0, 0.1) is 13.8 Å². The molecule has 0 spiro atoms. The fraction of sp³-hybridized carbons (Fsp3) is 0.391. The first kappa shape index (κ1) is 19.5. The average molecular weight is 393 g/mol. The van der Waals surface area contributed by atoms with E-state index in [0.717, 1.165) is 66.1 Å². The molecule has 1 fully saturated rings. The van der Waals surface area contributed by atoms with Gasteiger partial charge in [0.15, 0.2) is 6.61 Å². The summed E-state index contributed by atoms with van der Waals surface area (Å²) in [7, 11) is 0. The van der Waals surface area contributed by atoms with Crippen molar-refractivity contribution in [2.24, 2.45) is 0 Å². The Morgan fingerprint density at radius 3 is 2.72 bits per heavy atom. The molecule has 0 bridgehead atoms. The third-order valence-electron chi connectivity index (χ3n) is 5.60. The van der Waals surface area contributed by atoms with E-state index in [1.54, 1.807) is 0 Å². The van der Waals surface area contributed by atoms with Crippen molar-refractivity contribution in [3.05, 3.63) is 59.5 Å². The van der Waals surface area contributed by atoms with Crippen molar-refractivity contribution in [2.45, 2.75) is 26.8 Å². The van der Waals surface area contributed by atoms with Crippen molar-refractivity contribution >= 4 is 16.7 Å². The molecule has 4 rings (SSSR count). The van der Waals surface area contributed by atoms with Gasteiger partial charge in [-0.05, 0) is 31.7 Å². The summed E-state index contributed by atoms with van der Waals surface area (Å²) < 4.78 is 11.2. The summed E-state index contributed by atoms with van der Waals surface area (Å²) in [5, 5.41) is 6.19. The van der Waals surface area contributed by atoms with Gasteiger partial charge in [0.25, 0.3) is 5.91 Å². The number of carbonyl (C=O) groups is 1. The van der Waals surface area contributed by atoms with Crippen LogP contribution in [0.1, 0.15) is 23.4 Å². The number of aryl methyl sites for hydroxylation is 2. The van der Waals surface area contributed by atoms with Crippen LogP contribution in [-0.4, -0.2) is 53.6 Å². The summed E-state index contributed by atoms with van der Waals surface area (Å²) in [5.41, 5.74) is 2.10. The zero-order valence-corrected chi connectivity index (χ0v) is 17.1. The van der Waals surface area contributed by atoms with Gasteiger partial charge >= 0.3 is 0 Å². The average Bonchev–Trinajstić information content (AvgIpc) is 2.93. The lowest BCUT2D eigenvalue weighted by Crippen LogP contribution is -2.38. The van der Waals surface area contributed by atoms with Crippen LogP contribution in [0.5, 0.6) is 5.75 Å². The second-order valence-electron chi connectivity index (χ2n) is 7.58. The van der Waals surface area contributed by atoms with Crippen molar-refractivity contribution in [3.8, 4) is 5.75 Å². The van der Waals surface area contributed by atoms with Gasteiger partial charge in [-0.2, -0.15) is 0 Å². The summed E-state index contributed by atoms with van der Waals surface area (Å²) in [4.78, 5) is 17.0. The van der Waals surface area contributed by atoms with Crippen molar-refractivity contribution in [3.63, 3.8) is 0 Å². The van der Waals surface area contributed by atoms with Crippen LogP contribution in [0.4, 0.5) is 0 Å². The normalized spacial score (nSPS) is 15.4. The van der Waals surface area contributed by atoms with Gasteiger partial charge < -0.3 is 14.2 Å². The highest BCUT2D eigenvalue weighted by molar-refractivity contribution is 5.88. The Hall–Kier alpha value is -2.86. The van der Waals surface area contributed by atoms with Crippen LogP contribution in [-0.2, 0) is 11.3 Å². The lowest BCUT2D eigenvalue weighted by Gasteiger charge is -2.22.